The van der Waals surface area contributed by atoms with Crippen molar-refractivity contribution in [2.24, 2.45) is 0 Å². The second-order valence-electron chi connectivity index (χ2n) is 14.4. The van der Waals surface area contributed by atoms with Crippen molar-refractivity contribution in [2.45, 2.75) is 19.6 Å². The maximum absolute atomic E-state index is 5.02. The first kappa shape index (κ1) is 37.4. The van der Waals surface area contributed by atoms with E-state index in [4.69, 9.17) is 29.9 Å². The smallest absolute Gasteiger partial charge is 0.164 e. The predicted molar refractivity (Wildman–Crippen MR) is 246 cm³/mol. The van der Waals surface area contributed by atoms with Gasteiger partial charge in [0, 0.05) is 53.0 Å². The highest BCUT2D eigenvalue weighted by molar-refractivity contribution is 8.34. The van der Waals surface area contributed by atoms with Gasteiger partial charge in [-0.25, -0.2) is 29.9 Å². The van der Waals surface area contributed by atoms with Gasteiger partial charge in [-0.15, -0.1) is 10.0 Å². The molecular weight excluding hydrogens is 765 g/mol. The van der Waals surface area contributed by atoms with Gasteiger partial charge in [0.05, 0.1) is 0 Å². The second kappa shape index (κ2) is 16.8. The quantitative estimate of drug-likeness (QED) is 0.137. The van der Waals surface area contributed by atoms with Gasteiger partial charge in [-0.1, -0.05) is 182 Å². The Hall–Kier alpha value is -7.87. The second-order valence-corrected chi connectivity index (χ2v) is 17.5. The van der Waals surface area contributed by atoms with E-state index in [2.05, 4.69) is 109 Å². The summed E-state index contributed by atoms with van der Waals surface area (Å²) in [6, 6.07) is 79.6. The van der Waals surface area contributed by atoms with E-state index < -0.39 is 10.0 Å². The molecule has 6 nitrogen and oxygen atoms in total. The lowest BCUT2D eigenvalue weighted by Crippen LogP contribution is -2.06. The summed E-state index contributed by atoms with van der Waals surface area (Å²) in [6.07, 6.45) is 0. The molecule has 0 N–H and O–H groups in total. The Morgan fingerprint density at radius 1 is 0.180 bits per heavy atom. The normalized spacial score (nSPS) is 11.5. The third kappa shape index (κ3) is 7.50. The van der Waals surface area contributed by atoms with Crippen LogP contribution >= 0.6 is 10.0 Å². The summed E-state index contributed by atoms with van der Waals surface area (Å²) >= 11 is 0. The average molecular weight is 803 g/mol. The Morgan fingerprint density at radius 3 is 0.590 bits per heavy atom. The molecule has 0 aliphatic heterocycles. The molecule has 8 aromatic carbocycles. The van der Waals surface area contributed by atoms with Crippen LogP contribution in [-0.4, -0.2) is 29.9 Å². The summed E-state index contributed by atoms with van der Waals surface area (Å²) in [4.78, 5) is 34.7. The van der Waals surface area contributed by atoms with Crippen LogP contribution in [-0.2, 0) is 0 Å². The van der Waals surface area contributed by atoms with Gasteiger partial charge < -0.3 is 0 Å². The van der Waals surface area contributed by atoms with Gasteiger partial charge in [0.25, 0.3) is 0 Å². The van der Waals surface area contributed by atoms with Gasteiger partial charge in [0.2, 0.25) is 0 Å². The molecule has 61 heavy (non-hydrogen) atoms. The maximum Gasteiger partial charge on any atom is 0.164 e. The number of benzene rings is 8. The zero-order chi connectivity index (χ0) is 40.9. The van der Waals surface area contributed by atoms with Crippen molar-refractivity contribution >= 4 is 10.0 Å². The largest absolute Gasteiger partial charge is 0.208 e. The molecule has 0 saturated carbocycles. The van der Waals surface area contributed by atoms with Crippen molar-refractivity contribution in [1.82, 2.24) is 29.9 Å². The van der Waals surface area contributed by atoms with Crippen LogP contribution in [0.1, 0.15) is 0 Å². The lowest BCUT2D eigenvalue weighted by molar-refractivity contribution is 1.07. The molecule has 290 valence electrons. The number of hydrogen-bond donors (Lipinski definition) is 0. The molecule has 2 aromatic heterocycles. The van der Waals surface area contributed by atoms with E-state index in [0.717, 1.165) is 33.4 Å². The molecule has 0 radical (unpaired) electrons. The molecule has 2 heterocycles. The fourth-order valence-corrected chi connectivity index (χ4v) is 11.4. The fraction of sp³-hybridized carbons (Fsp3) is 0. The Balaban J connectivity index is 1.11. The summed E-state index contributed by atoms with van der Waals surface area (Å²) in [5.41, 5.74) is 5.55. The first-order chi connectivity index (χ1) is 30.2. The fourth-order valence-electron chi connectivity index (χ4n) is 7.56. The van der Waals surface area contributed by atoms with E-state index in [1.165, 1.54) is 19.6 Å². The van der Waals surface area contributed by atoms with Crippen molar-refractivity contribution in [1.29, 1.82) is 0 Å². The van der Waals surface area contributed by atoms with Crippen LogP contribution in [0.5, 0.6) is 0 Å². The number of nitrogens with zero attached hydrogens (tertiary/aromatic N) is 6. The number of aromatic nitrogens is 6. The summed E-state index contributed by atoms with van der Waals surface area (Å²) < 4.78 is 0. The van der Waals surface area contributed by atoms with Gasteiger partial charge in [-0.2, -0.15) is 0 Å². The minimum atomic E-state index is -2.02. The molecule has 0 aliphatic rings. The number of hydrogen-bond acceptors (Lipinski definition) is 6. The van der Waals surface area contributed by atoms with E-state index in [9.17, 15) is 0 Å². The Bertz CT molecular complexity index is 2700. The molecule has 0 bridgehead atoms. The molecular formula is C54H38N6S. The minimum Gasteiger partial charge on any atom is -0.208 e. The molecule has 10 rings (SSSR count). The molecule has 0 aliphatic carbocycles. The summed E-state index contributed by atoms with van der Waals surface area (Å²) in [5.74, 6) is 3.76. The molecule has 7 heteroatoms. The van der Waals surface area contributed by atoms with Crippen LogP contribution in [0.3, 0.4) is 0 Å². The van der Waals surface area contributed by atoms with Crippen LogP contribution in [0, 0.1) is 0 Å². The van der Waals surface area contributed by atoms with Crippen LogP contribution in [0.2, 0.25) is 0 Å². The third-order valence-electron chi connectivity index (χ3n) is 10.5. The van der Waals surface area contributed by atoms with Crippen molar-refractivity contribution in [2.75, 3.05) is 0 Å². The van der Waals surface area contributed by atoms with Gasteiger partial charge in [0.15, 0.2) is 34.9 Å². The highest BCUT2D eigenvalue weighted by atomic mass is 32.3. The maximum atomic E-state index is 5.02. The van der Waals surface area contributed by atoms with Crippen LogP contribution < -0.4 is 0 Å². The van der Waals surface area contributed by atoms with Gasteiger partial charge in [-0.05, 0) is 48.5 Å². The molecule has 0 spiro atoms. The SMILES string of the molecule is c1ccc(-c2nc(-c3ccccc3)nc(-c3ccc(S(c4ccccc4)(c4ccccc4)c4ccc(-c5nc(-c6ccccc6)nc(-c6ccccc6)n5)cc4)cc3)n2)cc1. The van der Waals surface area contributed by atoms with E-state index in [-0.39, 0.29) is 0 Å². The minimum absolute atomic E-state index is 0.616. The predicted octanol–water partition coefficient (Wildman–Crippen LogP) is 13.4. The third-order valence-corrected chi connectivity index (χ3v) is 14.4. The van der Waals surface area contributed by atoms with Crippen LogP contribution in [0.4, 0.5) is 0 Å². The van der Waals surface area contributed by atoms with Crippen molar-refractivity contribution in [3.05, 3.63) is 231 Å². The molecule has 0 unspecified atom stereocenters. The zero-order valence-corrected chi connectivity index (χ0v) is 33.8. The van der Waals surface area contributed by atoms with E-state index in [1.807, 2.05) is 121 Å². The van der Waals surface area contributed by atoms with Gasteiger partial charge >= 0.3 is 0 Å². The molecule has 10 aromatic rings. The average Bonchev–Trinajstić information content (AvgIpc) is 3.36. The molecule has 0 atom stereocenters. The van der Waals surface area contributed by atoms with E-state index in [1.54, 1.807) is 0 Å². The summed E-state index contributed by atoms with van der Waals surface area (Å²) in [6.45, 7) is 0. The topological polar surface area (TPSA) is 77.3 Å². The highest BCUT2D eigenvalue weighted by Crippen LogP contribution is 2.73. The zero-order valence-electron chi connectivity index (χ0n) is 33.0. The molecule has 0 amide bonds. The first-order valence-electron chi connectivity index (χ1n) is 20.1. The number of rotatable bonds is 10. The van der Waals surface area contributed by atoms with Crippen molar-refractivity contribution < 1.29 is 0 Å². The van der Waals surface area contributed by atoms with Gasteiger partial charge in [-0.3, -0.25) is 0 Å². The first-order valence-corrected chi connectivity index (χ1v) is 21.7. The monoisotopic (exact) mass is 802 g/mol. The van der Waals surface area contributed by atoms with Crippen LogP contribution in [0.25, 0.3) is 68.3 Å². The van der Waals surface area contributed by atoms with Crippen LogP contribution in [0.15, 0.2) is 250 Å². The van der Waals surface area contributed by atoms with Gasteiger partial charge in [0.1, 0.15) is 0 Å². The lowest BCUT2D eigenvalue weighted by atomic mass is 10.1. The van der Waals surface area contributed by atoms with E-state index in [0.29, 0.717) is 34.9 Å². The van der Waals surface area contributed by atoms with Crippen molar-refractivity contribution in [3.63, 3.8) is 0 Å². The Morgan fingerprint density at radius 2 is 0.361 bits per heavy atom. The lowest BCUT2D eigenvalue weighted by Gasteiger charge is -2.42. The molecule has 0 fully saturated rings. The Labute approximate surface area is 356 Å². The molecule has 0 saturated heterocycles. The van der Waals surface area contributed by atoms with Crippen molar-refractivity contribution in [3.8, 4) is 68.3 Å². The highest BCUT2D eigenvalue weighted by Gasteiger charge is 2.33. The van der Waals surface area contributed by atoms with E-state index >= 15 is 0 Å². The standard InChI is InChI=1S/C54H38N6S/c1-7-19-39(20-8-1)49-55-50(40-21-9-2-10-22-40)58-53(57-49)43-31-35-47(36-32-43)61(45-27-15-5-16-28-45,46-29-17-6-18-30-46)48-37-33-44(34-38-48)54-59-51(41-23-11-3-12-24-41)56-52(60-54)42-25-13-4-14-26-42/h1-38H. The summed E-state index contributed by atoms with van der Waals surface area (Å²) in [5, 5.41) is 0. The summed E-state index contributed by atoms with van der Waals surface area (Å²) in [7, 11) is -2.02. The Kier molecular flexibility index (Phi) is 10.3.